The minimum Gasteiger partial charge on any atom is -0.496 e. The lowest BCUT2D eigenvalue weighted by molar-refractivity contribution is -0.150. The van der Waals surface area contributed by atoms with E-state index in [-0.39, 0.29) is 18.8 Å². The van der Waals surface area contributed by atoms with Gasteiger partial charge < -0.3 is 38.3 Å². The first-order valence-corrected chi connectivity index (χ1v) is 15.2. The number of unbranched alkanes of at least 4 members (excludes halogenated alkanes) is 1. The summed E-state index contributed by atoms with van der Waals surface area (Å²) in [5.74, 6) is 0.784. The Morgan fingerprint density at radius 3 is 2.05 bits per heavy atom. The molecule has 0 bridgehead atoms. The predicted molar refractivity (Wildman–Crippen MR) is 160 cm³/mol. The summed E-state index contributed by atoms with van der Waals surface area (Å²) in [7, 11) is 1.65. The first kappa shape index (κ1) is 34.0. The molecule has 0 spiro atoms. The minimum atomic E-state index is -0.845. The second-order valence-corrected chi connectivity index (χ2v) is 10.3. The first-order valence-electron chi connectivity index (χ1n) is 15.2. The van der Waals surface area contributed by atoms with Gasteiger partial charge in [-0.05, 0) is 63.8 Å². The molecule has 1 N–H and O–H groups in total. The summed E-state index contributed by atoms with van der Waals surface area (Å²) >= 11 is 0. The second kappa shape index (κ2) is 17.6. The van der Waals surface area contributed by atoms with Gasteiger partial charge in [0.15, 0.2) is 5.79 Å². The van der Waals surface area contributed by atoms with Gasteiger partial charge in [-0.25, -0.2) is 0 Å². The van der Waals surface area contributed by atoms with E-state index in [0.717, 1.165) is 41.0 Å². The number of carboxylic acids is 1. The van der Waals surface area contributed by atoms with Gasteiger partial charge in [0.05, 0.1) is 52.3 Å². The first-order chi connectivity index (χ1) is 20.8. The molecule has 1 fully saturated rings. The number of methoxy groups -OCH3 is 1. The number of ether oxygens (including phenoxy) is 7. The van der Waals surface area contributed by atoms with Gasteiger partial charge in [-0.2, -0.15) is 0 Å². The second-order valence-electron chi connectivity index (χ2n) is 10.3. The van der Waals surface area contributed by atoms with Crippen molar-refractivity contribution in [3.63, 3.8) is 0 Å². The molecule has 10 heteroatoms. The Labute approximate surface area is 254 Å². The van der Waals surface area contributed by atoms with E-state index in [0.29, 0.717) is 76.8 Å². The largest absolute Gasteiger partial charge is 0.496 e. The topological polar surface area (TPSA) is 119 Å². The molecular formula is C33H46O10. The zero-order valence-corrected chi connectivity index (χ0v) is 25.9. The van der Waals surface area contributed by atoms with Crippen molar-refractivity contribution in [2.75, 3.05) is 46.8 Å². The molecule has 0 radical (unpaired) electrons. The Morgan fingerprint density at radius 2 is 1.47 bits per heavy atom. The summed E-state index contributed by atoms with van der Waals surface area (Å²) in [6.45, 7) is 8.38. The van der Waals surface area contributed by atoms with Crippen molar-refractivity contribution in [1.82, 2.24) is 0 Å². The summed E-state index contributed by atoms with van der Waals surface area (Å²) in [5.41, 5.74) is 2.62. The molecule has 0 aliphatic carbocycles. The van der Waals surface area contributed by atoms with E-state index < -0.39 is 11.8 Å². The average Bonchev–Trinajstić information content (AvgIpc) is 3.44. The van der Waals surface area contributed by atoms with Crippen molar-refractivity contribution in [1.29, 1.82) is 0 Å². The van der Waals surface area contributed by atoms with E-state index in [9.17, 15) is 9.59 Å². The van der Waals surface area contributed by atoms with Gasteiger partial charge in [-0.15, -0.1) is 0 Å². The van der Waals surface area contributed by atoms with Gasteiger partial charge in [-0.3, -0.25) is 9.59 Å². The molecule has 10 nitrogen and oxygen atoms in total. The molecule has 2 aromatic rings. The number of aliphatic carboxylic acids is 1. The number of benzene rings is 2. The number of carbonyl (C=O) groups is 2. The Hall–Kier alpha value is -3.50. The van der Waals surface area contributed by atoms with Crippen LogP contribution in [-0.4, -0.2) is 63.8 Å². The number of hydrogen-bond donors (Lipinski definition) is 1. The average molecular weight is 603 g/mol. The highest BCUT2D eigenvalue weighted by atomic mass is 16.7. The smallest absolute Gasteiger partial charge is 0.306 e. The molecule has 0 saturated carbocycles. The normalized spacial score (nSPS) is 13.9. The van der Waals surface area contributed by atoms with Crippen LogP contribution in [0.3, 0.4) is 0 Å². The third-order valence-corrected chi connectivity index (χ3v) is 7.07. The zero-order chi connectivity index (χ0) is 31.1. The van der Waals surface area contributed by atoms with E-state index in [2.05, 4.69) is 6.92 Å². The van der Waals surface area contributed by atoms with E-state index in [1.54, 1.807) is 14.0 Å². The fourth-order valence-electron chi connectivity index (χ4n) is 5.00. The van der Waals surface area contributed by atoms with Crippen LogP contribution in [0, 0.1) is 0 Å². The predicted octanol–water partition coefficient (Wildman–Crippen LogP) is 5.84. The Bertz CT molecular complexity index is 1170. The van der Waals surface area contributed by atoms with Gasteiger partial charge in [0, 0.05) is 30.4 Å². The molecule has 43 heavy (non-hydrogen) atoms. The Morgan fingerprint density at radius 1 is 0.837 bits per heavy atom. The number of hydrogen-bond acceptors (Lipinski definition) is 9. The van der Waals surface area contributed by atoms with Crippen molar-refractivity contribution in [2.45, 2.75) is 77.9 Å². The molecule has 238 valence electrons. The van der Waals surface area contributed by atoms with E-state index in [1.807, 2.05) is 37.3 Å². The maximum atomic E-state index is 12.1. The Balaban J connectivity index is 1.63. The summed E-state index contributed by atoms with van der Waals surface area (Å²) in [6, 6.07) is 9.43. The van der Waals surface area contributed by atoms with Crippen LogP contribution in [0.15, 0.2) is 30.3 Å². The number of carboxylic acid groups (broad SMARTS) is 1. The van der Waals surface area contributed by atoms with Crippen LogP contribution >= 0.6 is 0 Å². The lowest BCUT2D eigenvalue weighted by atomic mass is 9.98. The molecule has 1 aliphatic rings. The van der Waals surface area contributed by atoms with Crippen molar-refractivity contribution >= 4 is 11.9 Å². The van der Waals surface area contributed by atoms with Crippen molar-refractivity contribution in [3.8, 4) is 23.0 Å². The maximum absolute atomic E-state index is 12.1. The summed E-state index contributed by atoms with van der Waals surface area (Å²) in [6.07, 6.45) is 4.15. The monoisotopic (exact) mass is 602 g/mol. The number of carbonyl (C=O) groups excluding carboxylic acids is 1. The van der Waals surface area contributed by atoms with Crippen molar-refractivity contribution in [3.05, 3.63) is 47.0 Å². The highest BCUT2D eigenvalue weighted by Crippen LogP contribution is 2.42. The standard InChI is InChI=1S/C33H46O10/c1-5-11-25-29(17-16-26(32(25)37-4)33(3)42-22-23-43-33)41-21-10-20-40-28-13-9-12-27(39-19-8-7-14-30(34)35)24(28)15-18-31(36)38-6-2/h9,12-13,16-17H,5-8,10-11,14-15,18-23H2,1-4H3,(H,34,35). The van der Waals surface area contributed by atoms with Crippen LogP contribution in [0.1, 0.15) is 76.0 Å². The molecular weight excluding hydrogens is 556 g/mol. The third-order valence-electron chi connectivity index (χ3n) is 7.07. The Kier molecular flexibility index (Phi) is 13.9. The van der Waals surface area contributed by atoms with Crippen LogP contribution in [0.5, 0.6) is 23.0 Å². The molecule has 0 amide bonds. The van der Waals surface area contributed by atoms with Gasteiger partial charge in [0.1, 0.15) is 23.0 Å². The van der Waals surface area contributed by atoms with Crippen LogP contribution in [0.2, 0.25) is 0 Å². The van der Waals surface area contributed by atoms with Crippen LogP contribution in [0.25, 0.3) is 0 Å². The molecule has 0 unspecified atom stereocenters. The van der Waals surface area contributed by atoms with E-state index in [4.69, 9.17) is 38.3 Å². The van der Waals surface area contributed by atoms with Crippen LogP contribution in [-0.2, 0) is 42.4 Å². The van der Waals surface area contributed by atoms with Crippen molar-refractivity contribution < 1.29 is 47.9 Å². The van der Waals surface area contributed by atoms with Crippen LogP contribution < -0.4 is 18.9 Å². The highest BCUT2D eigenvalue weighted by molar-refractivity contribution is 5.70. The molecule has 3 rings (SSSR count). The SMILES string of the molecule is CCCc1c(OCCCOc2cccc(OCCCCC(=O)O)c2CCC(=O)OCC)ccc(C2(C)OCCO2)c1OC. The third kappa shape index (κ3) is 10.0. The molecule has 0 atom stereocenters. The number of esters is 1. The quantitative estimate of drug-likeness (QED) is 0.146. The summed E-state index contributed by atoms with van der Waals surface area (Å²) < 4.78 is 41.0. The summed E-state index contributed by atoms with van der Waals surface area (Å²) in [5, 5.41) is 8.86. The van der Waals surface area contributed by atoms with Crippen molar-refractivity contribution in [2.24, 2.45) is 0 Å². The van der Waals surface area contributed by atoms with Gasteiger partial charge in [0.25, 0.3) is 0 Å². The maximum Gasteiger partial charge on any atom is 0.306 e. The highest BCUT2D eigenvalue weighted by Gasteiger charge is 2.37. The lowest BCUT2D eigenvalue weighted by Gasteiger charge is -2.27. The zero-order valence-electron chi connectivity index (χ0n) is 25.9. The van der Waals surface area contributed by atoms with Gasteiger partial charge in [0.2, 0.25) is 0 Å². The fraction of sp³-hybridized carbons (Fsp3) is 0.576. The summed E-state index contributed by atoms with van der Waals surface area (Å²) in [4.78, 5) is 22.9. The number of rotatable bonds is 20. The molecule has 2 aromatic carbocycles. The van der Waals surface area contributed by atoms with Gasteiger partial charge >= 0.3 is 11.9 Å². The lowest BCUT2D eigenvalue weighted by Crippen LogP contribution is -2.24. The molecule has 1 heterocycles. The molecule has 1 saturated heterocycles. The molecule has 1 aliphatic heterocycles. The minimum absolute atomic E-state index is 0.101. The van der Waals surface area contributed by atoms with Gasteiger partial charge in [-0.1, -0.05) is 19.4 Å². The van der Waals surface area contributed by atoms with E-state index >= 15 is 0 Å². The van der Waals surface area contributed by atoms with Crippen LogP contribution in [0.4, 0.5) is 0 Å². The molecule has 0 aromatic heterocycles. The van der Waals surface area contributed by atoms with E-state index in [1.165, 1.54) is 0 Å². The fourth-order valence-corrected chi connectivity index (χ4v) is 5.00.